The minimum absolute atomic E-state index is 0.111. The summed E-state index contributed by atoms with van der Waals surface area (Å²) < 4.78 is 5.00. The number of aliphatic carboxylic acids is 1. The molecule has 0 aliphatic rings. The standard InChI is InChI=1S/C14H23N3O4/c1-5-6-14(4,13(19)20)15-8-11(18)16-12-7-10(9(2)3)17-21-12/h7,9,15H,5-6,8H2,1-4H3,(H,16,18)(H,19,20). The van der Waals surface area contributed by atoms with Crippen molar-refractivity contribution in [2.24, 2.45) is 0 Å². The summed E-state index contributed by atoms with van der Waals surface area (Å²) in [5, 5.41) is 18.4. The summed E-state index contributed by atoms with van der Waals surface area (Å²) >= 11 is 0. The fraction of sp³-hybridized carbons (Fsp3) is 0.643. The molecular weight excluding hydrogens is 274 g/mol. The highest BCUT2D eigenvalue weighted by Gasteiger charge is 2.32. The van der Waals surface area contributed by atoms with E-state index in [0.717, 1.165) is 5.69 Å². The lowest BCUT2D eigenvalue weighted by Gasteiger charge is -2.25. The Morgan fingerprint density at radius 1 is 1.48 bits per heavy atom. The molecule has 1 unspecified atom stereocenters. The molecule has 0 fully saturated rings. The summed E-state index contributed by atoms with van der Waals surface area (Å²) in [6.45, 7) is 7.28. The van der Waals surface area contributed by atoms with Crippen molar-refractivity contribution in [1.82, 2.24) is 10.5 Å². The molecule has 7 heteroatoms. The number of nitrogens with zero attached hydrogens (tertiary/aromatic N) is 1. The van der Waals surface area contributed by atoms with Crippen molar-refractivity contribution < 1.29 is 19.2 Å². The maximum Gasteiger partial charge on any atom is 0.323 e. The van der Waals surface area contributed by atoms with Gasteiger partial charge in [0.2, 0.25) is 11.8 Å². The molecule has 1 amide bonds. The van der Waals surface area contributed by atoms with Crippen molar-refractivity contribution in [3.8, 4) is 0 Å². The van der Waals surface area contributed by atoms with Gasteiger partial charge >= 0.3 is 5.97 Å². The topological polar surface area (TPSA) is 104 Å². The molecule has 0 aliphatic carbocycles. The molecule has 1 aromatic rings. The Bertz CT molecular complexity index is 498. The minimum atomic E-state index is -1.11. The molecule has 0 radical (unpaired) electrons. The molecule has 1 atom stereocenters. The van der Waals surface area contributed by atoms with Gasteiger partial charge in [-0.2, -0.15) is 0 Å². The van der Waals surface area contributed by atoms with Gasteiger partial charge in [-0.1, -0.05) is 32.3 Å². The van der Waals surface area contributed by atoms with Gasteiger partial charge in [0.15, 0.2) is 0 Å². The minimum Gasteiger partial charge on any atom is -0.480 e. The van der Waals surface area contributed by atoms with Crippen molar-refractivity contribution in [3.63, 3.8) is 0 Å². The molecule has 7 nitrogen and oxygen atoms in total. The van der Waals surface area contributed by atoms with Crippen molar-refractivity contribution in [2.75, 3.05) is 11.9 Å². The van der Waals surface area contributed by atoms with Gasteiger partial charge in [-0.25, -0.2) is 0 Å². The van der Waals surface area contributed by atoms with Crippen LogP contribution in [0, 0.1) is 0 Å². The van der Waals surface area contributed by atoms with Crippen molar-refractivity contribution >= 4 is 17.8 Å². The monoisotopic (exact) mass is 297 g/mol. The number of rotatable bonds is 8. The number of aromatic nitrogens is 1. The highest BCUT2D eigenvalue weighted by molar-refractivity contribution is 5.91. The Balaban J connectivity index is 2.54. The van der Waals surface area contributed by atoms with Crippen LogP contribution in [0.2, 0.25) is 0 Å². The Hall–Kier alpha value is -1.89. The van der Waals surface area contributed by atoms with Crippen LogP contribution in [-0.4, -0.2) is 34.2 Å². The first-order valence-electron chi connectivity index (χ1n) is 7.03. The fourth-order valence-corrected chi connectivity index (χ4v) is 1.85. The van der Waals surface area contributed by atoms with Crippen LogP contribution < -0.4 is 10.6 Å². The Kier molecular flexibility index (Phi) is 5.90. The van der Waals surface area contributed by atoms with E-state index >= 15 is 0 Å². The number of carbonyl (C=O) groups is 2. The van der Waals surface area contributed by atoms with E-state index < -0.39 is 11.5 Å². The Labute approximate surface area is 124 Å². The predicted octanol–water partition coefficient (Wildman–Crippen LogP) is 1.97. The molecule has 0 saturated carbocycles. The number of carbonyl (C=O) groups excluding carboxylic acids is 1. The van der Waals surface area contributed by atoms with Gasteiger partial charge in [-0.15, -0.1) is 0 Å². The van der Waals surface area contributed by atoms with Gasteiger partial charge in [-0.3, -0.25) is 20.2 Å². The van der Waals surface area contributed by atoms with E-state index in [1.807, 2.05) is 20.8 Å². The van der Waals surface area contributed by atoms with Crippen molar-refractivity contribution in [2.45, 2.75) is 52.0 Å². The first kappa shape index (κ1) is 17.2. The largest absolute Gasteiger partial charge is 0.480 e. The van der Waals surface area contributed by atoms with Crippen LogP contribution in [0.3, 0.4) is 0 Å². The summed E-state index contributed by atoms with van der Waals surface area (Å²) in [5.74, 6) is -0.876. The molecule has 3 N–H and O–H groups in total. The fourth-order valence-electron chi connectivity index (χ4n) is 1.85. The van der Waals surface area contributed by atoms with Gasteiger partial charge in [0.1, 0.15) is 5.54 Å². The lowest BCUT2D eigenvalue weighted by molar-refractivity contribution is -0.144. The Morgan fingerprint density at radius 2 is 2.14 bits per heavy atom. The van der Waals surface area contributed by atoms with Crippen LogP contribution in [0.5, 0.6) is 0 Å². The van der Waals surface area contributed by atoms with E-state index in [0.29, 0.717) is 12.8 Å². The second-order valence-corrected chi connectivity index (χ2v) is 5.56. The first-order chi connectivity index (χ1) is 9.78. The van der Waals surface area contributed by atoms with E-state index in [1.165, 1.54) is 0 Å². The van der Waals surface area contributed by atoms with Gasteiger partial charge in [0.25, 0.3) is 0 Å². The maximum absolute atomic E-state index is 11.8. The first-order valence-corrected chi connectivity index (χ1v) is 7.03. The zero-order valence-electron chi connectivity index (χ0n) is 12.9. The average Bonchev–Trinajstić information content (AvgIpc) is 2.85. The van der Waals surface area contributed by atoms with Crippen LogP contribution in [0.4, 0.5) is 5.88 Å². The molecule has 21 heavy (non-hydrogen) atoms. The smallest absolute Gasteiger partial charge is 0.323 e. The molecule has 1 aromatic heterocycles. The predicted molar refractivity (Wildman–Crippen MR) is 78.2 cm³/mol. The van der Waals surface area contributed by atoms with E-state index in [4.69, 9.17) is 4.52 Å². The third-order valence-electron chi connectivity index (χ3n) is 3.24. The van der Waals surface area contributed by atoms with Crippen molar-refractivity contribution in [1.29, 1.82) is 0 Å². The second-order valence-electron chi connectivity index (χ2n) is 5.56. The third kappa shape index (κ3) is 4.86. The van der Waals surface area contributed by atoms with Crippen LogP contribution in [0.25, 0.3) is 0 Å². The number of amides is 1. The quantitative estimate of drug-likeness (QED) is 0.677. The molecular formula is C14H23N3O4. The number of carboxylic acids is 1. The zero-order valence-corrected chi connectivity index (χ0v) is 12.9. The molecule has 1 rings (SSSR count). The van der Waals surface area contributed by atoms with E-state index in [2.05, 4.69) is 15.8 Å². The molecule has 0 aromatic carbocycles. The second kappa shape index (κ2) is 7.21. The summed E-state index contributed by atoms with van der Waals surface area (Å²) in [5.41, 5.74) is -0.365. The third-order valence-corrected chi connectivity index (χ3v) is 3.24. The van der Waals surface area contributed by atoms with Crippen LogP contribution in [0.1, 0.15) is 52.1 Å². The van der Waals surface area contributed by atoms with E-state index in [1.54, 1.807) is 13.0 Å². The van der Waals surface area contributed by atoms with Crippen molar-refractivity contribution in [3.05, 3.63) is 11.8 Å². The number of nitrogens with one attached hydrogen (secondary N) is 2. The normalized spacial score (nSPS) is 14.0. The molecule has 118 valence electrons. The van der Waals surface area contributed by atoms with Crippen LogP contribution in [0.15, 0.2) is 10.6 Å². The lowest BCUT2D eigenvalue weighted by atomic mass is 9.96. The molecule has 1 heterocycles. The van der Waals surface area contributed by atoms with Gasteiger partial charge in [0.05, 0.1) is 12.2 Å². The van der Waals surface area contributed by atoms with Gasteiger partial charge in [0, 0.05) is 6.07 Å². The summed E-state index contributed by atoms with van der Waals surface area (Å²) in [4.78, 5) is 23.0. The zero-order chi connectivity index (χ0) is 16.0. The molecule has 0 saturated heterocycles. The van der Waals surface area contributed by atoms with Crippen LogP contribution >= 0.6 is 0 Å². The number of hydrogen-bond acceptors (Lipinski definition) is 5. The highest BCUT2D eigenvalue weighted by Crippen LogP contribution is 2.17. The number of carboxylic acid groups (broad SMARTS) is 1. The molecule has 0 bridgehead atoms. The van der Waals surface area contributed by atoms with Gasteiger partial charge in [-0.05, 0) is 19.3 Å². The average molecular weight is 297 g/mol. The van der Waals surface area contributed by atoms with Gasteiger partial charge < -0.3 is 9.63 Å². The summed E-state index contributed by atoms with van der Waals surface area (Å²) in [6.07, 6.45) is 1.15. The van der Waals surface area contributed by atoms with E-state index in [-0.39, 0.29) is 24.3 Å². The number of anilines is 1. The summed E-state index contributed by atoms with van der Waals surface area (Å²) in [7, 11) is 0. The molecule has 0 spiro atoms. The lowest BCUT2D eigenvalue weighted by Crippen LogP contribution is -2.51. The van der Waals surface area contributed by atoms with Crippen LogP contribution in [-0.2, 0) is 9.59 Å². The summed E-state index contributed by atoms with van der Waals surface area (Å²) in [6, 6.07) is 1.66. The molecule has 0 aliphatic heterocycles. The Morgan fingerprint density at radius 3 is 2.62 bits per heavy atom. The number of hydrogen-bond donors (Lipinski definition) is 3. The van der Waals surface area contributed by atoms with E-state index in [9.17, 15) is 14.7 Å². The SMILES string of the molecule is CCCC(C)(NCC(=O)Nc1cc(C(C)C)no1)C(=O)O. The highest BCUT2D eigenvalue weighted by atomic mass is 16.5. The maximum atomic E-state index is 11.8.